The average Bonchev–Trinajstić information content (AvgIpc) is 2.94. The quantitative estimate of drug-likeness (QED) is 0.587. The molecule has 0 fully saturated rings. The second-order valence-electron chi connectivity index (χ2n) is 4.80. The molecule has 2 aromatic heterocycles. The Labute approximate surface area is 128 Å². The summed E-state index contributed by atoms with van der Waals surface area (Å²) in [4.78, 5) is 19.2. The maximum atomic E-state index is 13.3. The Kier molecular flexibility index (Phi) is 2.74. The van der Waals surface area contributed by atoms with Crippen molar-refractivity contribution in [1.82, 2.24) is 19.6 Å². The van der Waals surface area contributed by atoms with Crippen LogP contribution in [0.3, 0.4) is 0 Å². The Morgan fingerprint density at radius 3 is 2.86 bits per heavy atom. The van der Waals surface area contributed by atoms with Gasteiger partial charge < -0.3 is 4.98 Å². The minimum absolute atomic E-state index is 0.275. The molecule has 0 bridgehead atoms. The highest BCUT2D eigenvalue weighted by Gasteiger charge is 2.13. The van der Waals surface area contributed by atoms with Crippen LogP contribution in [0, 0.1) is 5.82 Å². The number of H-pyrrole nitrogens is 1. The van der Waals surface area contributed by atoms with Crippen LogP contribution < -0.4 is 5.69 Å². The van der Waals surface area contributed by atoms with E-state index >= 15 is 0 Å². The Morgan fingerprint density at radius 2 is 2.05 bits per heavy atom. The van der Waals surface area contributed by atoms with Crippen LogP contribution in [-0.2, 0) is 0 Å². The van der Waals surface area contributed by atoms with E-state index in [2.05, 4.69) is 15.1 Å². The maximum absolute atomic E-state index is 13.3. The summed E-state index contributed by atoms with van der Waals surface area (Å²) in [6.07, 6.45) is 0. The van der Waals surface area contributed by atoms with E-state index in [4.69, 9.17) is 11.6 Å². The first-order valence-corrected chi connectivity index (χ1v) is 6.84. The van der Waals surface area contributed by atoms with Crippen LogP contribution in [0.15, 0.2) is 47.3 Å². The number of aromatic nitrogens is 4. The third-order valence-electron chi connectivity index (χ3n) is 3.35. The number of aromatic amines is 1. The van der Waals surface area contributed by atoms with Gasteiger partial charge in [-0.1, -0.05) is 23.7 Å². The summed E-state index contributed by atoms with van der Waals surface area (Å²) in [5, 5.41) is 5.35. The van der Waals surface area contributed by atoms with Gasteiger partial charge in [0.15, 0.2) is 11.5 Å². The summed E-state index contributed by atoms with van der Waals surface area (Å²) in [5.41, 5.74) is 1.07. The first-order chi connectivity index (χ1) is 10.6. The lowest BCUT2D eigenvalue weighted by Crippen LogP contribution is -2.17. The predicted molar refractivity (Wildman–Crippen MR) is 81.5 cm³/mol. The lowest BCUT2D eigenvalue weighted by atomic mass is 10.2. The van der Waals surface area contributed by atoms with Crippen molar-refractivity contribution < 1.29 is 4.39 Å². The number of fused-ring (bicyclic) bond motifs is 3. The number of benzene rings is 2. The van der Waals surface area contributed by atoms with Crippen molar-refractivity contribution in [1.29, 1.82) is 0 Å². The summed E-state index contributed by atoms with van der Waals surface area (Å²) in [6.45, 7) is 0. The normalized spacial score (nSPS) is 11.4. The fraction of sp³-hybridized carbons (Fsp3) is 0. The standard InChI is InChI=1S/C15H8ClFN4O/c16-9-4-5-12-11(7-9)14-19-13(20-21(14)15(22)18-12)8-2-1-3-10(17)6-8/h1-7H,(H,18,22). The van der Waals surface area contributed by atoms with Gasteiger partial charge in [-0.3, -0.25) is 0 Å². The van der Waals surface area contributed by atoms with Crippen LogP contribution >= 0.6 is 11.6 Å². The number of hydrogen-bond donors (Lipinski definition) is 1. The summed E-state index contributed by atoms with van der Waals surface area (Å²) in [5.74, 6) is -0.115. The summed E-state index contributed by atoms with van der Waals surface area (Å²) < 4.78 is 14.5. The Balaban J connectivity index is 2.08. The van der Waals surface area contributed by atoms with Crippen molar-refractivity contribution in [2.75, 3.05) is 0 Å². The van der Waals surface area contributed by atoms with Crippen molar-refractivity contribution in [3.8, 4) is 11.4 Å². The molecule has 5 nitrogen and oxygen atoms in total. The van der Waals surface area contributed by atoms with Crippen molar-refractivity contribution >= 4 is 28.2 Å². The molecule has 0 unspecified atom stereocenters. The highest BCUT2D eigenvalue weighted by atomic mass is 35.5. The molecule has 0 saturated carbocycles. The van der Waals surface area contributed by atoms with Crippen molar-refractivity contribution in [3.63, 3.8) is 0 Å². The van der Waals surface area contributed by atoms with Gasteiger partial charge in [0.1, 0.15) is 5.82 Å². The second-order valence-corrected chi connectivity index (χ2v) is 5.24. The molecule has 1 N–H and O–H groups in total. The van der Waals surface area contributed by atoms with Crippen molar-refractivity contribution in [3.05, 3.63) is 63.8 Å². The van der Waals surface area contributed by atoms with Crippen LogP contribution in [0.25, 0.3) is 27.9 Å². The fourth-order valence-corrected chi connectivity index (χ4v) is 2.53. The van der Waals surface area contributed by atoms with Gasteiger partial charge in [0.2, 0.25) is 0 Å². The van der Waals surface area contributed by atoms with E-state index in [1.807, 2.05) is 0 Å². The smallest absolute Gasteiger partial charge is 0.305 e. The number of hydrogen-bond acceptors (Lipinski definition) is 3. The molecule has 7 heteroatoms. The van der Waals surface area contributed by atoms with E-state index in [9.17, 15) is 9.18 Å². The molecule has 0 atom stereocenters. The molecule has 2 heterocycles. The number of halogens is 2. The van der Waals surface area contributed by atoms with E-state index in [-0.39, 0.29) is 5.82 Å². The zero-order chi connectivity index (χ0) is 15.3. The first kappa shape index (κ1) is 13.0. The molecular formula is C15H8ClFN4O. The minimum Gasteiger partial charge on any atom is -0.305 e. The maximum Gasteiger partial charge on any atom is 0.348 e. The molecule has 0 aliphatic carbocycles. The predicted octanol–water partition coefficient (Wildman–Crippen LogP) is 3.03. The van der Waals surface area contributed by atoms with Gasteiger partial charge in [-0.2, -0.15) is 4.52 Å². The van der Waals surface area contributed by atoms with Crippen LogP contribution in [0.5, 0.6) is 0 Å². The van der Waals surface area contributed by atoms with Gasteiger partial charge >= 0.3 is 5.69 Å². The van der Waals surface area contributed by atoms with Crippen molar-refractivity contribution in [2.45, 2.75) is 0 Å². The Morgan fingerprint density at radius 1 is 1.18 bits per heavy atom. The highest BCUT2D eigenvalue weighted by Crippen LogP contribution is 2.22. The zero-order valence-electron chi connectivity index (χ0n) is 11.0. The van der Waals surface area contributed by atoms with Crippen LogP contribution in [-0.4, -0.2) is 19.6 Å². The molecule has 0 saturated heterocycles. The number of nitrogens with one attached hydrogen (secondary N) is 1. The molecule has 0 aliphatic heterocycles. The molecule has 4 rings (SSSR count). The minimum atomic E-state index is -0.417. The van der Waals surface area contributed by atoms with Gasteiger partial charge in [0, 0.05) is 16.0 Å². The van der Waals surface area contributed by atoms with Gasteiger partial charge in [-0.05, 0) is 30.3 Å². The van der Waals surface area contributed by atoms with E-state index in [1.54, 1.807) is 30.3 Å². The molecular weight excluding hydrogens is 307 g/mol. The average molecular weight is 315 g/mol. The van der Waals surface area contributed by atoms with E-state index in [0.29, 0.717) is 27.1 Å². The third-order valence-corrected chi connectivity index (χ3v) is 3.58. The zero-order valence-corrected chi connectivity index (χ0v) is 11.8. The largest absolute Gasteiger partial charge is 0.348 e. The summed E-state index contributed by atoms with van der Waals surface area (Å²) in [7, 11) is 0. The molecule has 0 radical (unpaired) electrons. The molecule has 4 aromatic rings. The third kappa shape index (κ3) is 1.96. The monoisotopic (exact) mass is 314 g/mol. The lowest BCUT2D eigenvalue weighted by Gasteiger charge is -1.99. The fourth-order valence-electron chi connectivity index (χ4n) is 2.36. The number of nitrogens with zero attached hydrogens (tertiary/aromatic N) is 3. The topological polar surface area (TPSA) is 63.0 Å². The lowest BCUT2D eigenvalue weighted by molar-refractivity contribution is 0.628. The second kappa shape index (κ2) is 4.64. The summed E-state index contributed by atoms with van der Waals surface area (Å²) in [6, 6.07) is 11.0. The van der Waals surface area contributed by atoms with E-state index in [0.717, 1.165) is 4.52 Å². The van der Waals surface area contributed by atoms with Gasteiger partial charge in [0.05, 0.1) is 5.52 Å². The SMILES string of the molecule is O=c1[nH]c2ccc(Cl)cc2c2nc(-c3cccc(F)c3)nn12. The van der Waals surface area contributed by atoms with E-state index < -0.39 is 11.5 Å². The van der Waals surface area contributed by atoms with Crippen LogP contribution in [0.1, 0.15) is 0 Å². The first-order valence-electron chi connectivity index (χ1n) is 6.46. The van der Waals surface area contributed by atoms with Gasteiger partial charge in [-0.25, -0.2) is 14.2 Å². The van der Waals surface area contributed by atoms with Crippen LogP contribution in [0.2, 0.25) is 5.02 Å². The van der Waals surface area contributed by atoms with Crippen molar-refractivity contribution in [2.24, 2.45) is 0 Å². The Bertz CT molecular complexity index is 1090. The molecule has 108 valence electrons. The number of rotatable bonds is 1. The molecule has 22 heavy (non-hydrogen) atoms. The molecule has 0 spiro atoms. The molecule has 0 amide bonds. The summed E-state index contributed by atoms with van der Waals surface area (Å²) >= 11 is 6.00. The van der Waals surface area contributed by atoms with E-state index in [1.165, 1.54) is 12.1 Å². The highest BCUT2D eigenvalue weighted by molar-refractivity contribution is 6.31. The van der Waals surface area contributed by atoms with Gasteiger partial charge in [0.25, 0.3) is 0 Å². The molecule has 2 aromatic carbocycles. The van der Waals surface area contributed by atoms with Crippen LogP contribution in [0.4, 0.5) is 4.39 Å². The Hall–Kier alpha value is -2.73. The van der Waals surface area contributed by atoms with Gasteiger partial charge in [-0.15, -0.1) is 5.10 Å². The molecule has 0 aliphatic rings.